The van der Waals surface area contributed by atoms with Gasteiger partial charge in [-0.3, -0.25) is 0 Å². The summed E-state index contributed by atoms with van der Waals surface area (Å²) in [7, 11) is 0. The van der Waals surface area contributed by atoms with Gasteiger partial charge in [0.2, 0.25) is 0 Å². The van der Waals surface area contributed by atoms with Gasteiger partial charge in [-0.15, -0.1) is 0 Å². The molecule has 0 heterocycles. The Morgan fingerprint density at radius 3 is 2.64 bits per heavy atom. The van der Waals surface area contributed by atoms with E-state index in [1.165, 1.54) is 0 Å². The number of aromatic hydroxyl groups is 1. The molecule has 1 rings (SSSR count). The number of phenols is 1. The number of benzene rings is 1. The first-order valence-electron chi connectivity index (χ1n) is 4.50. The Labute approximate surface area is 84.7 Å². The maximum Gasteiger partial charge on any atom is 0.123 e. The van der Waals surface area contributed by atoms with E-state index < -0.39 is 0 Å². The largest absolute Gasteiger partial charge is 0.507 e. The molecule has 1 aromatic rings. The van der Waals surface area contributed by atoms with Crippen molar-refractivity contribution in [2.75, 3.05) is 0 Å². The molecule has 72 valence electrons. The van der Waals surface area contributed by atoms with Crippen LogP contribution in [0.3, 0.4) is 0 Å². The summed E-state index contributed by atoms with van der Waals surface area (Å²) in [6.45, 7) is 5.54. The minimum absolute atomic E-state index is 0.313. The van der Waals surface area contributed by atoms with Crippen molar-refractivity contribution < 1.29 is 5.11 Å². The topological polar surface area (TPSA) is 20.2 Å². The molecule has 0 fully saturated rings. The van der Waals surface area contributed by atoms with Gasteiger partial charge >= 0.3 is 0 Å². The molecule has 0 saturated carbocycles. The molecule has 0 atom stereocenters. The molecular weight excluding hydrogens is 172 g/mol. The summed E-state index contributed by atoms with van der Waals surface area (Å²) < 4.78 is 0. The van der Waals surface area contributed by atoms with E-state index in [9.17, 15) is 5.11 Å². The van der Waals surface area contributed by atoms with Crippen LogP contribution in [0, 0.1) is 0 Å². The summed E-state index contributed by atoms with van der Waals surface area (Å²) in [4.78, 5) is 0. The van der Waals surface area contributed by atoms with Gasteiger partial charge in [-0.1, -0.05) is 49.1 Å². The standard InChI is InChI=1S/C13H14O/c1-3-4-5-8-11(2)12-9-6-7-10-13(12)14/h3-10,14H,1H2,2H3/b5-4-,11-8+. The normalized spacial score (nSPS) is 11.9. The van der Waals surface area contributed by atoms with E-state index >= 15 is 0 Å². The van der Waals surface area contributed by atoms with Crippen molar-refractivity contribution >= 4 is 5.57 Å². The first-order chi connectivity index (χ1) is 6.75. The van der Waals surface area contributed by atoms with Gasteiger partial charge < -0.3 is 5.11 Å². The van der Waals surface area contributed by atoms with Gasteiger partial charge in [0.1, 0.15) is 5.75 Å². The van der Waals surface area contributed by atoms with Crippen molar-refractivity contribution in [1.82, 2.24) is 0 Å². The lowest BCUT2D eigenvalue weighted by molar-refractivity contribution is 0.473. The van der Waals surface area contributed by atoms with Crippen LogP contribution in [0.4, 0.5) is 0 Å². The highest BCUT2D eigenvalue weighted by molar-refractivity contribution is 5.69. The molecule has 1 N–H and O–H groups in total. The van der Waals surface area contributed by atoms with Gasteiger partial charge in [-0.2, -0.15) is 0 Å². The third kappa shape index (κ3) is 2.63. The van der Waals surface area contributed by atoms with Crippen molar-refractivity contribution in [3.63, 3.8) is 0 Å². The van der Waals surface area contributed by atoms with E-state index in [4.69, 9.17) is 0 Å². The van der Waals surface area contributed by atoms with E-state index in [-0.39, 0.29) is 0 Å². The van der Waals surface area contributed by atoms with Gasteiger partial charge in [0.05, 0.1) is 0 Å². The molecule has 1 heteroatoms. The average Bonchev–Trinajstić information content (AvgIpc) is 2.18. The van der Waals surface area contributed by atoms with Crippen LogP contribution in [-0.2, 0) is 0 Å². The fourth-order valence-electron chi connectivity index (χ4n) is 1.18. The number of allylic oxidation sites excluding steroid dienone is 5. The minimum atomic E-state index is 0.313. The lowest BCUT2D eigenvalue weighted by atomic mass is 10.1. The molecule has 0 saturated heterocycles. The average molecular weight is 186 g/mol. The Morgan fingerprint density at radius 2 is 2.00 bits per heavy atom. The monoisotopic (exact) mass is 186 g/mol. The Balaban J connectivity index is 2.94. The summed E-state index contributed by atoms with van der Waals surface area (Å²) in [5.74, 6) is 0.313. The van der Waals surface area contributed by atoms with Crippen molar-refractivity contribution in [3.8, 4) is 5.75 Å². The quantitative estimate of drug-likeness (QED) is 0.716. The molecule has 0 amide bonds. The van der Waals surface area contributed by atoms with Crippen LogP contribution in [0.1, 0.15) is 12.5 Å². The predicted octanol–water partition coefficient (Wildman–Crippen LogP) is 3.54. The maximum atomic E-state index is 9.55. The van der Waals surface area contributed by atoms with E-state index in [1.807, 2.05) is 43.4 Å². The van der Waals surface area contributed by atoms with Gasteiger partial charge in [-0.25, -0.2) is 0 Å². The molecule has 0 aliphatic heterocycles. The van der Waals surface area contributed by atoms with Crippen LogP contribution >= 0.6 is 0 Å². The first kappa shape index (κ1) is 10.3. The SMILES string of the molecule is C=C/C=C\C=C(/C)c1ccccc1O. The van der Waals surface area contributed by atoms with E-state index in [2.05, 4.69) is 6.58 Å². The van der Waals surface area contributed by atoms with Crippen LogP contribution < -0.4 is 0 Å². The second-order valence-corrected chi connectivity index (χ2v) is 2.99. The zero-order chi connectivity index (χ0) is 10.4. The number of para-hydroxylation sites is 1. The highest BCUT2D eigenvalue weighted by Crippen LogP contribution is 2.23. The molecule has 0 spiro atoms. The molecule has 14 heavy (non-hydrogen) atoms. The Hall–Kier alpha value is -1.76. The fourth-order valence-corrected chi connectivity index (χ4v) is 1.18. The second-order valence-electron chi connectivity index (χ2n) is 2.99. The third-order valence-corrected chi connectivity index (χ3v) is 1.92. The third-order valence-electron chi connectivity index (χ3n) is 1.92. The summed E-state index contributed by atoms with van der Waals surface area (Å²) in [6, 6.07) is 7.29. The van der Waals surface area contributed by atoms with Crippen LogP contribution in [0.25, 0.3) is 5.57 Å². The molecule has 0 aliphatic rings. The number of rotatable bonds is 3. The van der Waals surface area contributed by atoms with Crippen LogP contribution in [-0.4, -0.2) is 5.11 Å². The summed E-state index contributed by atoms with van der Waals surface area (Å²) >= 11 is 0. The first-order valence-corrected chi connectivity index (χ1v) is 4.50. The van der Waals surface area contributed by atoms with Crippen LogP contribution in [0.15, 0.2) is 55.1 Å². The van der Waals surface area contributed by atoms with Crippen molar-refractivity contribution in [3.05, 3.63) is 60.7 Å². The molecule has 0 aromatic heterocycles. The van der Waals surface area contributed by atoms with E-state index in [0.717, 1.165) is 11.1 Å². The van der Waals surface area contributed by atoms with Gasteiger partial charge in [0.25, 0.3) is 0 Å². The van der Waals surface area contributed by atoms with Crippen LogP contribution in [0.2, 0.25) is 0 Å². The van der Waals surface area contributed by atoms with Gasteiger partial charge in [0.15, 0.2) is 0 Å². The highest BCUT2D eigenvalue weighted by Gasteiger charge is 1.99. The van der Waals surface area contributed by atoms with Crippen molar-refractivity contribution in [1.29, 1.82) is 0 Å². The number of hydrogen-bond acceptors (Lipinski definition) is 1. The Morgan fingerprint density at radius 1 is 1.29 bits per heavy atom. The van der Waals surface area contributed by atoms with E-state index in [0.29, 0.717) is 5.75 Å². The molecule has 0 bridgehead atoms. The summed E-state index contributed by atoms with van der Waals surface area (Å²) in [5, 5.41) is 9.55. The van der Waals surface area contributed by atoms with Gasteiger partial charge in [0, 0.05) is 5.56 Å². The molecule has 0 radical (unpaired) electrons. The fraction of sp³-hybridized carbons (Fsp3) is 0.0769. The number of phenolic OH excluding ortho intramolecular Hbond substituents is 1. The Bertz CT molecular complexity index is 373. The smallest absolute Gasteiger partial charge is 0.123 e. The van der Waals surface area contributed by atoms with Crippen molar-refractivity contribution in [2.24, 2.45) is 0 Å². The number of hydrogen-bond donors (Lipinski definition) is 1. The zero-order valence-electron chi connectivity index (χ0n) is 8.27. The lowest BCUT2D eigenvalue weighted by Gasteiger charge is -2.02. The van der Waals surface area contributed by atoms with E-state index in [1.54, 1.807) is 12.1 Å². The predicted molar refractivity (Wildman–Crippen MR) is 61.1 cm³/mol. The van der Waals surface area contributed by atoms with Gasteiger partial charge in [-0.05, 0) is 18.6 Å². The van der Waals surface area contributed by atoms with Crippen molar-refractivity contribution in [2.45, 2.75) is 6.92 Å². The lowest BCUT2D eigenvalue weighted by Crippen LogP contribution is -1.79. The summed E-state index contributed by atoms with van der Waals surface area (Å²) in [5.41, 5.74) is 1.89. The highest BCUT2D eigenvalue weighted by atomic mass is 16.3. The molecule has 1 nitrogen and oxygen atoms in total. The molecular formula is C13H14O. The maximum absolute atomic E-state index is 9.55. The second kappa shape index (κ2) is 5.07. The minimum Gasteiger partial charge on any atom is -0.507 e. The summed E-state index contributed by atoms with van der Waals surface area (Å²) in [6.07, 6.45) is 7.41. The molecule has 1 aromatic carbocycles. The zero-order valence-corrected chi connectivity index (χ0v) is 8.27. The van der Waals surface area contributed by atoms with Crippen LogP contribution in [0.5, 0.6) is 5.75 Å². The molecule has 0 aliphatic carbocycles. The Kier molecular flexibility index (Phi) is 3.74. The molecule has 0 unspecified atom stereocenters.